The minimum Gasteiger partial charge on any atom is -0.481 e. The minimum absolute atomic E-state index is 0.0817. The molecule has 0 saturated heterocycles. The van der Waals surface area contributed by atoms with Crippen molar-refractivity contribution >= 4 is 35.1 Å². The Morgan fingerprint density at radius 3 is 2.39 bits per heavy atom. The number of carbonyl (C=O) groups is 4. The summed E-state index contributed by atoms with van der Waals surface area (Å²) in [5.41, 5.74) is 0.139. The van der Waals surface area contributed by atoms with Gasteiger partial charge >= 0.3 is 11.9 Å². The molecule has 0 radical (unpaired) electrons. The fourth-order valence-electron chi connectivity index (χ4n) is 4.95. The van der Waals surface area contributed by atoms with Gasteiger partial charge in [-0.3, -0.25) is 19.2 Å². The number of aromatic nitrogens is 3. The van der Waals surface area contributed by atoms with Crippen molar-refractivity contribution in [3.8, 4) is 0 Å². The Morgan fingerprint density at radius 2 is 1.83 bits per heavy atom. The predicted molar refractivity (Wildman–Crippen MR) is 153 cm³/mol. The van der Waals surface area contributed by atoms with Crippen LogP contribution in [0.5, 0.6) is 0 Å². The fourth-order valence-corrected chi connectivity index (χ4v) is 5.78. The third-order valence-electron chi connectivity index (χ3n) is 7.59. The molecule has 11 nitrogen and oxygen atoms in total. The van der Waals surface area contributed by atoms with E-state index in [2.05, 4.69) is 20.3 Å². The van der Waals surface area contributed by atoms with Gasteiger partial charge in [0.25, 0.3) is 5.91 Å². The van der Waals surface area contributed by atoms with Crippen LogP contribution in [0, 0.1) is 17.8 Å². The lowest BCUT2D eigenvalue weighted by molar-refractivity contribution is -0.148. The van der Waals surface area contributed by atoms with Crippen molar-refractivity contribution in [1.82, 2.24) is 25.2 Å². The van der Waals surface area contributed by atoms with E-state index in [9.17, 15) is 24.3 Å². The van der Waals surface area contributed by atoms with Gasteiger partial charge in [-0.05, 0) is 37.2 Å². The van der Waals surface area contributed by atoms with Gasteiger partial charge in [0.15, 0.2) is 6.10 Å². The monoisotopic (exact) mass is 587 g/mol. The first-order chi connectivity index (χ1) is 19.4. The van der Waals surface area contributed by atoms with Crippen LogP contribution in [-0.2, 0) is 25.5 Å². The molecule has 2 aromatic heterocycles. The highest BCUT2D eigenvalue weighted by atomic mass is 32.1. The molecule has 12 heteroatoms. The van der Waals surface area contributed by atoms with Gasteiger partial charge in [0.05, 0.1) is 5.92 Å². The van der Waals surface area contributed by atoms with Crippen molar-refractivity contribution in [2.75, 3.05) is 7.05 Å². The Labute approximate surface area is 245 Å². The maximum absolute atomic E-state index is 13.2. The van der Waals surface area contributed by atoms with Gasteiger partial charge in [-0.1, -0.05) is 27.2 Å². The molecule has 0 aliphatic heterocycles. The van der Waals surface area contributed by atoms with E-state index in [0.717, 1.165) is 12.8 Å². The van der Waals surface area contributed by atoms with Gasteiger partial charge in [0, 0.05) is 63.1 Å². The quantitative estimate of drug-likeness (QED) is 0.294. The molecule has 1 aliphatic carbocycles. The number of rotatable bonds is 15. The van der Waals surface area contributed by atoms with E-state index in [4.69, 9.17) is 4.74 Å². The van der Waals surface area contributed by atoms with E-state index < -0.39 is 35.9 Å². The summed E-state index contributed by atoms with van der Waals surface area (Å²) in [7, 11) is 1.80. The van der Waals surface area contributed by atoms with Crippen LogP contribution in [0.15, 0.2) is 23.8 Å². The zero-order chi connectivity index (χ0) is 30.1. The average molecular weight is 588 g/mol. The molecule has 4 atom stereocenters. The number of nitrogens with one attached hydrogen (secondary N) is 1. The van der Waals surface area contributed by atoms with E-state index in [1.165, 1.54) is 24.7 Å². The van der Waals surface area contributed by atoms with Gasteiger partial charge in [-0.25, -0.2) is 15.0 Å². The molecule has 1 saturated carbocycles. The standard InChI is InChI=1S/C29H41N5O6S/c1-17(2)23(34(5)26(36)13-20-8-6-9-20)15-24(40-19(4)35)28-33-22(16-41-28)27(37)32-21(12-18(3)29(38)39)14-25-30-10-7-11-31-25/h7,10-11,16-18,20-21,23-24H,6,8-9,12-15H2,1-5H3,(H,32,37)(H,38,39)/t18-,21+,23?,24?/m0/s1. The van der Waals surface area contributed by atoms with Crippen LogP contribution in [0.2, 0.25) is 0 Å². The van der Waals surface area contributed by atoms with Crippen molar-refractivity contribution in [2.24, 2.45) is 17.8 Å². The molecule has 2 aromatic rings. The molecule has 1 fully saturated rings. The van der Waals surface area contributed by atoms with Gasteiger partial charge in [-0.2, -0.15) is 0 Å². The lowest BCUT2D eigenvalue weighted by Crippen LogP contribution is -2.42. The number of ether oxygens (including phenoxy) is 1. The normalized spacial score (nSPS) is 16.2. The van der Waals surface area contributed by atoms with Crippen LogP contribution in [0.1, 0.15) is 93.6 Å². The minimum atomic E-state index is -0.964. The van der Waals surface area contributed by atoms with Crippen LogP contribution in [0.25, 0.3) is 0 Å². The number of hydrogen-bond acceptors (Lipinski definition) is 9. The Hall–Kier alpha value is -3.41. The molecular formula is C29H41N5O6S. The van der Waals surface area contributed by atoms with E-state index >= 15 is 0 Å². The van der Waals surface area contributed by atoms with Crippen LogP contribution >= 0.6 is 11.3 Å². The second-order valence-corrected chi connectivity index (χ2v) is 12.1. The molecule has 0 aromatic carbocycles. The second-order valence-electron chi connectivity index (χ2n) is 11.2. The summed E-state index contributed by atoms with van der Waals surface area (Å²) in [5, 5.41) is 14.3. The molecule has 1 aliphatic rings. The number of carbonyl (C=O) groups excluding carboxylic acids is 3. The van der Waals surface area contributed by atoms with Gasteiger partial charge in [-0.15, -0.1) is 11.3 Å². The largest absolute Gasteiger partial charge is 0.481 e. The average Bonchev–Trinajstić information content (AvgIpc) is 3.38. The van der Waals surface area contributed by atoms with E-state index in [1.54, 1.807) is 42.7 Å². The summed E-state index contributed by atoms with van der Waals surface area (Å²) in [6.45, 7) is 6.96. The highest BCUT2D eigenvalue weighted by Crippen LogP contribution is 2.33. The maximum atomic E-state index is 13.2. The van der Waals surface area contributed by atoms with Gasteiger partial charge < -0.3 is 20.1 Å². The lowest BCUT2D eigenvalue weighted by Gasteiger charge is -2.35. The highest BCUT2D eigenvalue weighted by molar-refractivity contribution is 7.09. The van der Waals surface area contributed by atoms with E-state index in [1.807, 2.05) is 13.8 Å². The summed E-state index contributed by atoms with van der Waals surface area (Å²) in [4.78, 5) is 64.4. The number of nitrogens with zero attached hydrogens (tertiary/aromatic N) is 4. The first kappa shape index (κ1) is 32.1. The van der Waals surface area contributed by atoms with Gasteiger partial charge in [0.1, 0.15) is 16.5 Å². The zero-order valence-electron chi connectivity index (χ0n) is 24.4. The van der Waals surface area contributed by atoms with Crippen molar-refractivity contribution < 1.29 is 29.0 Å². The van der Waals surface area contributed by atoms with Crippen LogP contribution in [0.4, 0.5) is 0 Å². The van der Waals surface area contributed by atoms with Crippen LogP contribution in [-0.4, -0.2) is 67.8 Å². The zero-order valence-corrected chi connectivity index (χ0v) is 25.2. The summed E-state index contributed by atoms with van der Waals surface area (Å²) < 4.78 is 5.65. The molecule has 224 valence electrons. The number of carboxylic acids is 1. The number of amides is 2. The van der Waals surface area contributed by atoms with E-state index in [-0.39, 0.29) is 36.4 Å². The lowest BCUT2D eigenvalue weighted by atomic mass is 9.82. The van der Waals surface area contributed by atoms with Crippen LogP contribution in [0.3, 0.4) is 0 Å². The fraction of sp³-hybridized carbons (Fsp3) is 0.621. The Kier molecular flexibility index (Phi) is 11.7. The number of aliphatic carboxylic acids is 1. The third-order valence-corrected chi connectivity index (χ3v) is 8.52. The Morgan fingerprint density at radius 1 is 1.15 bits per heavy atom. The molecule has 2 amide bonds. The Bertz CT molecular complexity index is 1190. The second kappa shape index (κ2) is 15.0. The molecular weight excluding hydrogens is 546 g/mol. The molecule has 2 heterocycles. The summed E-state index contributed by atoms with van der Waals surface area (Å²) in [6, 6.07) is 0.950. The maximum Gasteiger partial charge on any atom is 0.306 e. The van der Waals surface area contributed by atoms with Crippen molar-refractivity contribution in [3.05, 3.63) is 40.4 Å². The smallest absolute Gasteiger partial charge is 0.306 e. The number of esters is 1. The molecule has 3 rings (SSSR count). The number of thiazole rings is 1. The molecule has 41 heavy (non-hydrogen) atoms. The summed E-state index contributed by atoms with van der Waals surface area (Å²) in [5.74, 6) is -1.50. The van der Waals surface area contributed by atoms with Crippen molar-refractivity contribution in [3.63, 3.8) is 0 Å². The van der Waals surface area contributed by atoms with E-state index in [0.29, 0.717) is 29.6 Å². The molecule has 2 N–H and O–H groups in total. The number of carboxylic acid groups (broad SMARTS) is 1. The number of hydrogen-bond donors (Lipinski definition) is 2. The third kappa shape index (κ3) is 9.58. The SMILES string of the molecule is CC(=O)OC(CC(C(C)C)N(C)C(=O)CC1CCC1)c1nc(C(=O)N[C@@H](Cc2ncccn2)C[C@H](C)C(=O)O)cs1. The Balaban J connectivity index is 1.75. The molecule has 2 unspecified atom stereocenters. The first-order valence-electron chi connectivity index (χ1n) is 14.1. The molecule has 0 bridgehead atoms. The van der Waals surface area contributed by atoms with Gasteiger partial charge in [0.2, 0.25) is 5.91 Å². The van der Waals surface area contributed by atoms with Crippen molar-refractivity contribution in [1.29, 1.82) is 0 Å². The van der Waals surface area contributed by atoms with Crippen molar-refractivity contribution in [2.45, 2.75) is 90.8 Å². The highest BCUT2D eigenvalue weighted by Gasteiger charge is 2.32. The topological polar surface area (TPSA) is 152 Å². The molecule has 0 spiro atoms. The summed E-state index contributed by atoms with van der Waals surface area (Å²) in [6.07, 6.45) is 7.10. The summed E-state index contributed by atoms with van der Waals surface area (Å²) >= 11 is 1.20. The van der Waals surface area contributed by atoms with Crippen LogP contribution < -0.4 is 5.32 Å². The predicted octanol–water partition coefficient (Wildman–Crippen LogP) is 4.05. The first-order valence-corrected chi connectivity index (χ1v) is 15.0.